The predicted octanol–water partition coefficient (Wildman–Crippen LogP) is -0.187. The molecule has 0 fully saturated rings. The van der Waals surface area contributed by atoms with E-state index in [0.717, 1.165) is 0 Å². The minimum atomic E-state index is -4.15. The van der Waals surface area contributed by atoms with E-state index in [1.54, 1.807) is 27.7 Å². The van der Waals surface area contributed by atoms with Crippen LogP contribution in [0.1, 0.15) is 0 Å². The van der Waals surface area contributed by atoms with E-state index in [2.05, 4.69) is 15.0 Å². The van der Waals surface area contributed by atoms with Gasteiger partial charge in [0, 0.05) is 18.9 Å². The zero-order chi connectivity index (χ0) is 15.0. The van der Waals surface area contributed by atoms with E-state index >= 15 is 0 Å². The molecule has 112 valence electrons. The summed E-state index contributed by atoms with van der Waals surface area (Å²) < 4.78 is 19.2. The molecule has 0 atom stereocenters. The maximum Gasteiger partial charge on any atom is 0.350 e. The third kappa shape index (κ3) is 2.74. The van der Waals surface area contributed by atoms with Gasteiger partial charge in [0.1, 0.15) is 11.9 Å². The van der Waals surface area contributed by atoms with Crippen LogP contribution in [0.2, 0.25) is 0 Å². The normalized spacial score (nSPS) is 12.5. The first kappa shape index (κ1) is 14.0. The van der Waals surface area contributed by atoms with Gasteiger partial charge in [0.2, 0.25) is 5.78 Å². The van der Waals surface area contributed by atoms with E-state index in [4.69, 9.17) is 20.3 Å². The Morgan fingerprint density at radius 1 is 1.38 bits per heavy atom. The molecule has 3 rings (SSSR count). The number of hydrogen-bond donors (Lipinski definition) is 3. The van der Waals surface area contributed by atoms with Crippen LogP contribution in [-0.4, -0.2) is 46.7 Å². The molecule has 3 aromatic rings. The lowest BCUT2D eigenvalue weighted by Crippen LogP contribution is -2.08. The molecule has 0 saturated carbocycles. The first-order valence-electron chi connectivity index (χ1n) is 6.01. The summed E-state index contributed by atoms with van der Waals surface area (Å²) in [5, 5.41) is 0. The second-order valence-corrected chi connectivity index (χ2v) is 5.99. The summed E-state index contributed by atoms with van der Waals surface area (Å²) in [6.45, 7) is 0.502. The monoisotopic (exact) mass is 312 g/mol. The first-order valence-corrected chi connectivity index (χ1v) is 7.81. The number of anilines is 1. The highest BCUT2D eigenvalue weighted by molar-refractivity contribution is 7.51. The van der Waals surface area contributed by atoms with Gasteiger partial charge in [-0.25, -0.2) is 9.97 Å². The number of rotatable bonds is 5. The van der Waals surface area contributed by atoms with Crippen molar-refractivity contribution in [3.63, 3.8) is 0 Å². The quantitative estimate of drug-likeness (QED) is 0.435. The first-order chi connectivity index (χ1) is 9.96. The van der Waals surface area contributed by atoms with Gasteiger partial charge in [0.15, 0.2) is 11.5 Å². The minimum absolute atomic E-state index is 0.134. The van der Waals surface area contributed by atoms with Crippen molar-refractivity contribution in [1.29, 1.82) is 0 Å². The third-order valence-electron chi connectivity index (χ3n) is 2.86. The van der Waals surface area contributed by atoms with Crippen LogP contribution in [0.15, 0.2) is 18.7 Å². The number of ether oxygens (including phenoxy) is 1. The maximum atomic E-state index is 10.7. The van der Waals surface area contributed by atoms with Gasteiger partial charge in [-0.05, 0) is 0 Å². The summed E-state index contributed by atoms with van der Waals surface area (Å²) in [6, 6.07) is 0. The molecule has 0 saturated heterocycles. The molecule has 0 aliphatic heterocycles. The van der Waals surface area contributed by atoms with Crippen LogP contribution >= 0.6 is 7.60 Å². The summed E-state index contributed by atoms with van der Waals surface area (Å²) >= 11 is 0. The number of fused-ring (bicyclic) bond motifs is 3. The van der Waals surface area contributed by atoms with Gasteiger partial charge in [-0.3, -0.25) is 8.97 Å². The lowest BCUT2D eigenvalue weighted by Gasteiger charge is -2.08. The van der Waals surface area contributed by atoms with Crippen LogP contribution in [0.4, 0.5) is 5.82 Å². The van der Waals surface area contributed by atoms with Crippen molar-refractivity contribution in [2.45, 2.75) is 6.54 Å². The molecule has 0 bridgehead atoms. The predicted molar refractivity (Wildman–Crippen MR) is 73.6 cm³/mol. The standard InChI is InChI=1S/C10H13N6O4P/c11-8-7-9(16-2-1-12-10(16)14-8)15(5-13-7)3-4-20-6-21(17,18)19/h1-2,5H,3-4,6H2,(H2,11,12,14)(H2,17,18,19). The lowest BCUT2D eigenvalue weighted by molar-refractivity contribution is 0.149. The van der Waals surface area contributed by atoms with Crippen LogP contribution in [0.5, 0.6) is 0 Å². The fourth-order valence-electron chi connectivity index (χ4n) is 2.02. The molecule has 10 nitrogen and oxygen atoms in total. The Morgan fingerprint density at radius 3 is 2.95 bits per heavy atom. The van der Waals surface area contributed by atoms with E-state index in [1.165, 1.54) is 0 Å². The zero-order valence-corrected chi connectivity index (χ0v) is 11.7. The number of nitrogens with two attached hydrogens (primary N) is 1. The van der Waals surface area contributed by atoms with Gasteiger partial charge in [0.25, 0.3) is 0 Å². The molecule has 0 aromatic carbocycles. The molecule has 11 heteroatoms. The SMILES string of the molecule is Nc1nc2nccn2c2c1ncn2CCOCP(=O)(O)O. The van der Waals surface area contributed by atoms with Gasteiger partial charge in [-0.2, -0.15) is 4.98 Å². The number of aromatic nitrogens is 5. The molecule has 21 heavy (non-hydrogen) atoms. The Morgan fingerprint density at radius 2 is 2.19 bits per heavy atom. The van der Waals surface area contributed by atoms with Crippen LogP contribution < -0.4 is 5.73 Å². The molecule has 0 amide bonds. The fraction of sp³-hybridized carbons (Fsp3) is 0.300. The summed E-state index contributed by atoms with van der Waals surface area (Å²) in [5.74, 6) is 0.733. The second kappa shape index (κ2) is 5.08. The topological polar surface area (TPSA) is 141 Å². The summed E-state index contributed by atoms with van der Waals surface area (Å²) in [5.41, 5.74) is 7.07. The van der Waals surface area contributed by atoms with Gasteiger partial charge < -0.3 is 24.8 Å². The Bertz CT molecular complexity index is 837. The van der Waals surface area contributed by atoms with Crippen molar-refractivity contribution < 1.29 is 19.1 Å². The lowest BCUT2D eigenvalue weighted by atomic mass is 10.5. The molecule has 0 unspecified atom stereocenters. The fourth-order valence-corrected chi connectivity index (χ4v) is 2.39. The molecule has 0 aliphatic carbocycles. The highest BCUT2D eigenvalue weighted by Gasteiger charge is 2.14. The average Bonchev–Trinajstić information content (AvgIpc) is 2.99. The van der Waals surface area contributed by atoms with Gasteiger partial charge in [-0.15, -0.1) is 0 Å². The van der Waals surface area contributed by atoms with E-state index in [0.29, 0.717) is 23.5 Å². The Balaban J connectivity index is 1.87. The number of nitrogen functional groups attached to an aromatic ring is 1. The van der Waals surface area contributed by atoms with Crippen molar-refractivity contribution >= 4 is 30.4 Å². The molecule has 3 aromatic heterocycles. The molecular formula is C10H13N6O4P. The summed E-state index contributed by atoms with van der Waals surface area (Å²) in [7, 11) is -4.15. The highest BCUT2D eigenvalue weighted by Crippen LogP contribution is 2.33. The number of nitrogens with zero attached hydrogens (tertiary/aromatic N) is 5. The van der Waals surface area contributed by atoms with E-state index < -0.39 is 13.9 Å². The van der Waals surface area contributed by atoms with Gasteiger partial charge >= 0.3 is 7.60 Å². The smallest absolute Gasteiger partial charge is 0.350 e. The van der Waals surface area contributed by atoms with Crippen LogP contribution in [-0.2, 0) is 15.8 Å². The van der Waals surface area contributed by atoms with Crippen LogP contribution in [0.25, 0.3) is 16.9 Å². The molecule has 3 heterocycles. The van der Waals surface area contributed by atoms with Crippen LogP contribution in [0, 0.1) is 0 Å². The van der Waals surface area contributed by atoms with Crippen molar-refractivity contribution in [3.8, 4) is 0 Å². The van der Waals surface area contributed by atoms with Gasteiger partial charge in [-0.1, -0.05) is 0 Å². The Kier molecular flexibility index (Phi) is 3.38. The van der Waals surface area contributed by atoms with Crippen molar-refractivity contribution in [2.75, 3.05) is 18.7 Å². The highest BCUT2D eigenvalue weighted by atomic mass is 31.2. The van der Waals surface area contributed by atoms with Crippen LogP contribution in [0.3, 0.4) is 0 Å². The third-order valence-corrected chi connectivity index (χ3v) is 3.38. The van der Waals surface area contributed by atoms with Gasteiger partial charge in [0.05, 0.1) is 12.9 Å². The molecule has 0 spiro atoms. The van der Waals surface area contributed by atoms with Crippen molar-refractivity contribution in [1.82, 2.24) is 23.9 Å². The summed E-state index contributed by atoms with van der Waals surface area (Å²) in [4.78, 5) is 29.8. The largest absolute Gasteiger partial charge is 0.382 e. The second-order valence-electron chi connectivity index (χ2n) is 4.41. The Labute approximate surface area is 118 Å². The van der Waals surface area contributed by atoms with E-state index in [9.17, 15) is 4.57 Å². The molecule has 0 radical (unpaired) electrons. The zero-order valence-electron chi connectivity index (χ0n) is 10.8. The number of imidazole rings is 2. The minimum Gasteiger partial charge on any atom is -0.382 e. The maximum absolute atomic E-state index is 10.7. The van der Waals surface area contributed by atoms with Crippen molar-refractivity contribution in [2.24, 2.45) is 0 Å². The molecular weight excluding hydrogens is 299 g/mol. The number of hydrogen-bond acceptors (Lipinski definition) is 6. The molecule has 0 aliphatic rings. The van der Waals surface area contributed by atoms with E-state index in [-0.39, 0.29) is 12.4 Å². The molecule has 4 N–H and O–H groups in total. The van der Waals surface area contributed by atoms with E-state index in [1.807, 2.05) is 0 Å². The average molecular weight is 312 g/mol. The van der Waals surface area contributed by atoms with Crippen molar-refractivity contribution in [3.05, 3.63) is 18.7 Å². The summed E-state index contributed by atoms with van der Waals surface area (Å²) in [6.07, 6.45) is 4.30. The Hall–Kier alpha value is -2.00.